The molecule has 0 aliphatic carbocycles. The minimum Gasteiger partial charge on any atom is -0.370 e. The molecule has 1 saturated heterocycles. The van der Waals surface area contributed by atoms with E-state index in [9.17, 15) is 24.0 Å². The number of hydrogen-bond acceptors (Lipinski definition) is 8. The molecule has 0 aromatic heterocycles. The molecule has 0 spiro atoms. The smallest absolute Gasteiger partial charge is 0.246 e. The molecule has 0 aromatic carbocycles. The predicted octanol–water partition coefficient (Wildman–Crippen LogP) is -2.88. The van der Waals surface area contributed by atoms with Gasteiger partial charge in [0.2, 0.25) is 29.9 Å². The van der Waals surface area contributed by atoms with E-state index in [1.165, 1.54) is 4.90 Å². The average Bonchev–Trinajstić information content (AvgIpc) is 3.12. The fourth-order valence-electron chi connectivity index (χ4n) is 2.58. The second-order valence-electron chi connectivity index (χ2n) is 6.07. The van der Waals surface area contributed by atoms with Crippen LogP contribution in [-0.2, 0) is 24.0 Å². The van der Waals surface area contributed by atoms with E-state index in [-0.39, 0.29) is 11.5 Å². The molecule has 27 heavy (non-hydrogen) atoms. The average molecular weight is 419 g/mol. The lowest BCUT2D eigenvalue weighted by Crippen LogP contribution is -2.58. The summed E-state index contributed by atoms with van der Waals surface area (Å²) in [6, 6.07) is -3.98. The van der Waals surface area contributed by atoms with Gasteiger partial charge in [0.25, 0.3) is 0 Å². The number of nitrogens with zero attached hydrogens (tertiary/aromatic N) is 1. The largest absolute Gasteiger partial charge is 0.370 e. The molecule has 1 aliphatic heterocycles. The zero-order valence-electron chi connectivity index (χ0n) is 14.6. The van der Waals surface area contributed by atoms with Crippen LogP contribution in [0, 0.1) is 0 Å². The maximum Gasteiger partial charge on any atom is 0.246 e. The molecule has 1 rings (SSSR count). The third kappa shape index (κ3) is 6.70. The molecule has 0 bridgehead atoms. The van der Waals surface area contributed by atoms with E-state index in [2.05, 4.69) is 35.9 Å². The molecule has 4 amide bonds. The molecule has 0 unspecified atom stereocenters. The molecule has 0 saturated carbocycles. The zero-order valence-corrected chi connectivity index (χ0v) is 16.4. The summed E-state index contributed by atoms with van der Waals surface area (Å²) in [5.74, 6) is -2.73. The topological polar surface area (TPSA) is 165 Å². The Morgan fingerprint density at radius 2 is 1.74 bits per heavy atom. The lowest BCUT2D eigenvalue weighted by atomic mass is 10.1. The van der Waals surface area contributed by atoms with Crippen molar-refractivity contribution in [3.63, 3.8) is 0 Å². The van der Waals surface area contributed by atoms with Gasteiger partial charge in [0.1, 0.15) is 12.1 Å². The van der Waals surface area contributed by atoms with Crippen LogP contribution in [-0.4, -0.2) is 77.0 Å². The number of thiol groups is 2. The van der Waals surface area contributed by atoms with Crippen molar-refractivity contribution in [1.82, 2.24) is 15.5 Å². The Hall–Kier alpha value is -1.79. The summed E-state index contributed by atoms with van der Waals surface area (Å²) >= 11 is 7.92. The van der Waals surface area contributed by atoms with Gasteiger partial charge in [-0.25, -0.2) is 0 Å². The van der Waals surface area contributed by atoms with Gasteiger partial charge in [-0.05, 0) is 12.8 Å². The SMILES string of the molecule is NC(=O)C[C@H](NC(=O)[C@H](CS)NC(=O)[C@@H](N)CS)C(=O)N1CCC[C@H]1[C]=O. The molecule has 6 N–H and O–H groups in total. The summed E-state index contributed by atoms with van der Waals surface area (Å²) in [5, 5.41) is 4.80. The number of nitrogens with two attached hydrogens (primary N) is 2. The highest BCUT2D eigenvalue weighted by molar-refractivity contribution is 7.80. The van der Waals surface area contributed by atoms with Crippen molar-refractivity contribution >= 4 is 55.2 Å². The van der Waals surface area contributed by atoms with Crippen LogP contribution in [0.4, 0.5) is 0 Å². The van der Waals surface area contributed by atoms with Crippen LogP contribution >= 0.6 is 25.3 Å². The first-order valence-electron chi connectivity index (χ1n) is 8.29. The van der Waals surface area contributed by atoms with Crippen molar-refractivity contribution in [2.24, 2.45) is 11.5 Å². The zero-order chi connectivity index (χ0) is 20.6. The van der Waals surface area contributed by atoms with Crippen LogP contribution in [0.2, 0.25) is 0 Å². The highest BCUT2D eigenvalue weighted by Crippen LogP contribution is 2.17. The Morgan fingerprint density at radius 1 is 1.11 bits per heavy atom. The monoisotopic (exact) mass is 418 g/mol. The highest BCUT2D eigenvalue weighted by atomic mass is 32.1. The van der Waals surface area contributed by atoms with E-state index in [0.717, 1.165) is 0 Å². The second kappa shape index (κ2) is 11.1. The van der Waals surface area contributed by atoms with Crippen molar-refractivity contribution in [1.29, 1.82) is 0 Å². The number of carbonyl (C=O) groups is 4. The van der Waals surface area contributed by atoms with Crippen LogP contribution in [0.1, 0.15) is 19.3 Å². The third-order valence-corrected chi connectivity index (χ3v) is 4.80. The summed E-state index contributed by atoms with van der Waals surface area (Å²) in [6.45, 7) is 0.313. The fraction of sp³-hybridized carbons (Fsp3) is 0.667. The molecule has 151 valence electrons. The van der Waals surface area contributed by atoms with Gasteiger partial charge < -0.3 is 27.0 Å². The van der Waals surface area contributed by atoms with Crippen LogP contribution in [0.25, 0.3) is 0 Å². The molecule has 1 heterocycles. The summed E-state index contributed by atoms with van der Waals surface area (Å²) in [6.07, 6.45) is 2.40. The second-order valence-corrected chi connectivity index (χ2v) is 6.80. The van der Waals surface area contributed by atoms with E-state index in [4.69, 9.17) is 11.5 Å². The minimum atomic E-state index is -1.26. The lowest BCUT2D eigenvalue weighted by Gasteiger charge is -2.27. The third-order valence-electron chi connectivity index (χ3n) is 4.04. The highest BCUT2D eigenvalue weighted by Gasteiger charge is 2.36. The number of likely N-dealkylation sites (tertiary alicyclic amines) is 1. The van der Waals surface area contributed by atoms with Crippen LogP contribution in [0.3, 0.4) is 0 Å². The Bertz CT molecular complexity index is 591. The molecular weight excluding hydrogens is 394 g/mol. The Kier molecular flexibility index (Phi) is 9.60. The fourth-order valence-corrected chi connectivity index (χ4v) is 3.01. The first-order valence-corrected chi connectivity index (χ1v) is 9.56. The number of primary amides is 1. The number of hydrogen-bond donors (Lipinski definition) is 6. The van der Waals surface area contributed by atoms with Crippen molar-refractivity contribution in [3.8, 4) is 0 Å². The minimum absolute atomic E-state index is 0.0667. The summed E-state index contributed by atoms with van der Waals surface area (Å²) in [7, 11) is 0. The van der Waals surface area contributed by atoms with Gasteiger partial charge in [0.05, 0.1) is 18.5 Å². The molecule has 1 radical (unpaired) electrons. The molecule has 1 aliphatic rings. The number of rotatable bonds is 10. The Balaban J connectivity index is 2.86. The van der Waals surface area contributed by atoms with Gasteiger partial charge >= 0.3 is 0 Å². The maximum atomic E-state index is 12.7. The van der Waals surface area contributed by atoms with E-state index < -0.39 is 54.2 Å². The molecular formula is C15H24N5O5S2. The summed E-state index contributed by atoms with van der Waals surface area (Å²) in [5.41, 5.74) is 10.7. The molecule has 12 heteroatoms. The van der Waals surface area contributed by atoms with Crippen LogP contribution in [0.15, 0.2) is 0 Å². The molecule has 1 fully saturated rings. The summed E-state index contributed by atoms with van der Waals surface area (Å²) in [4.78, 5) is 60.5. The predicted molar refractivity (Wildman–Crippen MR) is 104 cm³/mol. The lowest BCUT2D eigenvalue weighted by molar-refractivity contribution is -0.138. The van der Waals surface area contributed by atoms with Crippen LogP contribution in [0.5, 0.6) is 0 Å². The first-order chi connectivity index (χ1) is 12.7. The van der Waals surface area contributed by atoms with Gasteiger partial charge in [-0.3, -0.25) is 24.0 Å². The maximum absolute atomic E-state index is 12.7. The van der Waals surface area contributed by atoms with Gasteiger partial charge in [0, 0.05) is 18.1 Å². The Morgan fingerprint density at radius 3 is 2.26 bits per heavy atom. The van der Waals surface area contributed by atoms with E-state index in [1.807, 2.05) is 0 Å². The number of nitrogens with one attached hydrogen (secondary N) is 2. The van der Waals surface area contributed by atoms with Gasteiger partial charge in [0.15, 0.2) is 0 Å². The van der Waals surface area contributed by atoms with Crippen molar-refractivity contribution < 1.29 is 24.0 Å². The van der Waals surface area contributed by atoms with E-state index in [1.54, 1.807) is 6.29 Å². The number of carbonyl (C=O) groups excluding carboxylic acids is 5. The van der Waals surface area contributed by atoms with Crippen molar-refractivity contribution in [3.05, 3.63) is 0 Å². The molecule has 4 atom stereocenters. The standard InChI is InChI=1S/C15H24N5O5S2/c16-9(6-26)13(23)19-11(7-27)14(24)18-10(4-12(17)22)15(25)20-3-1-2-8(20)5-21/h8-11,26-27H,1-4,6-7,16H2,(H2,17,22)(H,18,24)(H,19,23)/t8-,9-,10-,11-/m0/s1. The molecule has 10 nitrogen and oxygen atoms in total. The van der Waals surface area contributed by atoms with Gasteiger partial charge in [-0.1, -0.05) is 0 Å². The van der Waals surface area contributed by atoms with E-state index in [0.29, 0.717) is 19.4 Å². The Labute approximate surface area is 167 Å². The quantitative estimate of drug-likeness (QED) is 0.209. The van der Waals surface area contributed by atoms with Gasteiger partial charge in [-0.2, -0.15) is 25.3 Å². The van der Waals surface area contributed by atoms with Crippen molar-refractivity contribution in [2.75, 3.05) is 18.1 Å². The van der Waals surface area contributed by atoms with Crippen LogP contribution < -0.4 is 22.1 Å². The normalized spacial score (nSPS) is 19.7. The molecule has 0 aromatic rings. The van der Waals surface area contributed by atoms with Crippen molar-refractivity contribution in [2.45, 2.75) is 43.4 Å². The van der Waals surface area contributed by atoms with Gasteiger partial charge in [-0.15, -0.1) is 0 Å². The van der Waals surface area contributed by atoms with E-state index >= 15 is 0 Å². The number of amides is 4. The summed E-state index contributed by atoms with van der Waals surface area (Å²) < 4.78 is 0. The first kappa shape index (κ1) is 23.2.